The van der Waals surface area contributed by atoms with Crippen LogP contribution in [0.5, 0.6) is 0 Å². The summed E-state index contributed by atoms with van der Waals surface area (Å²) in [6, 6.07) is 27.1. The molecule has 1 aliphatic heterocycles. The molecule has 166 valence electrons. The van der Waals surface area contributed by atoms with Crippen molar-refractivity contribution in [2.75, 3.05) is 13.1 Å². The number of fused-ring (bicyclic) bond motifs is 1. The molecule has 0 atom stereocenters. The molecule has 1 aromatic heterocycles. The normalized spacial score (nSPS) is 14.5. The van der Waals surface area contributed by atoms with Crippen LogP contribution in [0, 0.1) is 19.8 Å². The van der Waals surface area contributed by atoms with Crippen molar-refractivity contribution in [1.29, 1.82) is 0 Å². The molecule has 1 fully saturated rings. The van der Waals surface area contributed by atoms with Crippen LogP contribution < -0.4 is 0 Å². The Kier molecular flexibility index (Phi) is 5.95. The molecule has 0 unspecified atom stereocenters. The maximum absolute atomic E-state index is 13.7. The molecule has 1 aliphatic rings. The second-order valence-corrected chi connectivity index (χ2v) is 9.32. The number of para-hydroxylation sites is 1. The predicted octanol–water partition coefficient (Wildman–Crippen LogP) is 6.61. The van der Waals surface area contributed by atoms with Crippen molar-refractivity contribution in [3.8, 4) is 11.3 Å². The Balaban J connectivity index is 1.41. The molecule has 0 aliphatic carbocycles. The lowest BCUT2D eigenvalue weighted by Gasteiger charge is -2.32. The summed E-state index contributed by atoms with van der Waals surface area (Å²) in [5.74, 6) is 0.758. The van der Waals surface area contributed by atoms with Crippen molar-refractivity contribution in [3.05, 3.63) is 101 Å². The summed E-state index contributed by atoms with van der Waals surface area (Å²) in [6.07, 6.45) is 3.19. The Bertz CT molecular complexity index is 1290. The number of likely N-dealkylation sites (tertiary alicyclic amines) is 1. The van der Waals surface area contributed by atoms with E-state index in [1.807, 2.05) is 35.2 Å². The summed E-state index contributed by atoms with van der Waals surface area (Å²) in [6.45, 7) is 5.83. The lowest BCUT2D eigenvalue weighted by molar-refractivity contribution is 0.0692. The first kappa shape index (κ1) is 21.4. The van der Waals surface area contributed by atoms with Crippen molar-refractivity contribution in [2.24, 2.45) is 5.92 Å². The Labute approximate surface area is 196 Å². The highest BCUT2D eigenvalue weighted by Crippen LogP contribution is 2.30. The number of hydrogen-bond donors (Lipinski definition) is 0. The summed E-state index contributed by atoms with van der Waals surface area (Å²) in [4.78, 5) is 20.6. The number of hydrogen-bond acceptors (Lipinski definition) is 2. The van der Waals surface area contributed by atoms with Gasteiger partial charge in [0.2, 0.25) is 0 Å². The molecule has 0 N–H and O–H groups in total. The third kappa shape index (κ3) is 4.54. The second-order valence-electron chi connectivity index (χ2n) is 9.32. The van der Waals surface area contributed by atoms with E-state index in [0.29, 0.717) is 5.92 Å². The number of benzene rings is 3. The van der Waals surface area contributed by atoms with Crippen LogP contribution in [-0.2, 0) is 6.42 Å². The summed E-state index contributed by atoms with van der Waals surface area (Å²) in [5, 5.41) is 0.933. The van der Waals surface area contributed by atoms with Gasteiger partial charge in [0.05, 0.1) is 16.8 Å². The Morgan fingerprint density at radius 2 is 1.64 bits per heavy atom. The van der Waals surface area contributed by atoms with E-state index in [-0.39, 0.29) is 5.91 Å². The van der Waals surface area contributed by atoms with Gasteiger partial charge in [0, 0.05) is 24.0 Å². The SMILES string of the molecule is Cc1ccc(-c2cc(C(=O)N3CCC(Cc4ccccc4)CC3)c3ccccc3n2)c(C)c1. The molecule has 0 spiro atoms. The molecule has 3 nitrogen and oxygen atoms in total. The molecule has 4 aromatic rings. The Morgan fingerprint density at radius 1 is 0.909 bits per heavy atom. The average molecular weight is 435 g/mol. The van der Waals surface area contributed by atoms with Crippen LogP contribution in [0.2, 0.25) is 0 Å². The number of amides is 1. The molecular weight excluding hydrogens is 404 g/mol. The van der Waals surface area contributed by atoms with E-state index in [0.717, 1.165) is 60.1 Å². The first-order valence-electron chi connectivity index (χ1n) is 11.9. The van der Waals surface area contributed by atoms with E-state index in [1.54, 1.807) is 0 Å². The summed E-state index contributed by atoms with van der Waals surface area (Å²) in [5.41, 5.74) is 7.38. The van der Waals surface area contributed by atoms with Crippen molar-refractivity contribution in [3.63, 3.8) is 0 Å². The fraction of sp³-hybridized carbons (Fsp3) is 0.267. The Hall–Kier alpha value is -3.46. The monoisotopic (exact) mass is 434 g/mol. The van der Waals surface area contributed by atoms with Crippen LogP contribution >= 0.6 is 0 Å². The number of rotatable bonds is 4. The lowest BCUT2D eigenvalue weighted by atomic mass is 9.90. The van der Waals surface area contributed by atoms with E-state index >= 15 is 0 Å². The zero-order valence-electron chi connectivity index (χ0n) is 19.4. The summed E-state index contributed by atoms with van der Waals surface area (Å²) < 4.78 is 0. The van der Waals surface area contributed by atoms with Crippen molar-refractivity contribution < 1.29 is 4.79 Å². The fourth-order valence-electron chi connectivity index (χ4n) is 5.05. The smallest absolute Gasteiger partial charge is 0.254 e. The van der Waals surface area contributed by atoms with Gasteiger partial charge in [0.25, 0.3) is 5.91 Å². The van der Waals surface area contributed by atoms with Gasteiger partial charge < -0.3 is 4.90 Å². The molecular formula is C30H30N2O. The number of aryl methyl sites for hydroxylation is 2. The minimum Gasteiger partial charge on any atom is -0.339 e. The first-order valence-corrected chi connectivity index (χ1v) is 11.9. The number of pyridine rings is 1. The zero-order valence-corrected chi connectivity index (χ0v) is 19.4. The van der Waals surface area contributed by atoms with Crippen molar-refractivity contribution >= 4 is 16.8 Å². The number of piperidine rings is 1. The van der Waals surface area contributed by atoms with Crippen LogP contribution in [-0.4, -0.2) is 28.9 Å². The van der Waals surface area contributed by atoms with Gasteiger partial charge in [-0.1, -0.05) is 72.3 Å². The second kappa shape index (κ2) is 9.19. The molecule has 0 saturated carbocycles. The van der Waals surface area contributed by atoms with Gasteiger partial charge >= 0.3 is 0 Å². The quantitative estimate of drug-likeness (QED) is 0.362. The van der Waals surface area contributed by atoms with Gasteiger partial charge in [0.1, 0.15) is 0 Å². The van der Waals surface area contributed by atoms with Crippen LogP contribution in [0.4, 0.5) is 0 Å². The van der Waals surface area contributed by atoms with Gasteiger partial charge in [-0.05, 0) is 62.3 Å². The van der Waals surface area contributed by atoms with Gasteiger partial charge in [-0.15, -0.1) is 0 Å². The highest BCUT2D eigenvalue weighted by Gasteiger charge is 2.25. The predicted molar refractivity (Wildman–Crippen MR) is 135 cm³/mol. The van der Waals surface area contributed by atoms with Crippen molar-refractivity contribution in [2.45, 2.75) is 33.1 Å². The molecule has 0 bridgehead atoms. The maximum Gasteiger partial charge on any atom is 0.254 e. The van der Waals surface area contributed by atoms with Crippen molar-refractivity contribution in [1.82, 2.24) is 9.88 Å². The van der Waals surface area contributed by atoms with Gasteiger partial charge in [0.15, 0.2) is 0 Å². The number of carbonyl (C=O) groups is 1. The van der Waals surface area contributed by atoms with Gasteiger partial charge in [-0.25, -0.2) is 4.98 Å². The molecule has 1 amide bonds. The third-order valence-electron chi connectivity index (χ3n) is 6.87. The zero-order chi connectivity index (χ0) is 22.8. The number of aromatic nitrogens is 1. The highest BCUT2D eigenvalue weighted by molar-refractivity contribution is 6.07. The molecule has 3 aromatic carbocycles. The van der Waals surface area contributed by atoms with Crippen LogP contribution in [0.3, 0.4) is 0 Å². The average Bonchev–Trinajstić information content (AvgIpc) is 2.84. The Morgan fingerprint density at radius 3 is 2.39 bits per heavy atom. The largest absolute Gasteiger partial charge is 0.339 e. The fourth-order valence-corrected chi connectivity index (χ4v) is 5.05. The maximum atomic E-state index is 13.7. The van der Waals surface area contributed by atoms with Crippen LogP contribution in [0.15, 0.2) is 78.9 Å². The number of nitrogens with zero attached hydrogens (tertiary/aromatic N) is 2. The third-order valence-corrected chi connectivity index (χ3v) is 6.87. The minimum absolute atomic E-state index is 0.123. The molecule has 3 heteroatoms. The minimum atomic E-state index is 0.123. The topological polar surface area (TPSA) is 33.2 Å². The molecule has 5 rings (SSSR count). The highest BCUT2D eigenvalue weighted by atomic mass is 16.2. The van der Waals surface area contributed by atoms with E-state index in [9.17, 15) is 4.79 Å². The standard InChI is InChI=1S/C30H30N2O/c1-21-12-13-25(22(2)18-21)29-20-27(26-10-6-7-11-28(26)31-29)30(33)32-16-14-24(15-17-32)19-23-8-4-3-5-9-23/h3-13,18,20,24H,14-17,19H2,1-2H3. The van der Waals surface area contributed by atoms with Crippen LogP contribution in [0.1, 0.15) is 39.9 Å². The van der Waals surface area contributed by atoms with Gasteiger partial charge in [-0.3, -0.25) is 4.79 Å². The van der Waals surface area contributed by atoms with E-state index in [2.05, 4.69) is 62.4 Å². The van der Waals surface area contributed by atoms with E-state index in [1.165, 1.54) is 16.7 Å². The van der Waals surface area contributed by atoms with E-state index < -0.39 is 0 Å². The number of carbonyl (C=O) groups excluding carboxylic acids is 1. The lowest BCUT2D eigenvalue weighted by Crippen LogP contribution is -2.39. The molecule has 33 heavy (non-hydrogen) atoms. The van der Waals surface area contributed by atoms with Gasteiger partial charge in [-0.2, -0.15) is 0 Å². The van der Waals surface area contributed by atoms with Crippen LogP contribution in [0.25, 0.3) is 22.2 Å². The summed E-state index contributed by atoms with van der Waals surface area (Å²) in [7, 11) is 0. The molecule has 2 heterocycles. The molecule has 1 saturated heterocycles. The molecule has 0 radical (unpaired) electrons. The summed E-state index contributed by atoms with van der Waals surface area (Å²) >= 11 is 0. The first-order chi connectivity index (χ1) is 16.1. The van der Waals surface area contributed by atoms with E-state index in [4.69, 9.17) is 4.98 Å².